The normalized spacial score (nSPS) is 15.8. The molecule has 6 nitrogen and oxygen atoms in total. The molecule has 0 fully saturated rings. The van der Waals surface area contributed by atoms with Gasteiger partial charge in [0.15, 0.2) is 5.82 Å². The predicted molar refractivity (Wildman–Crippen MR) is 76.9 cm³/mol. The van der Waals surface area contributed by atoms with E-state index in [9.17, 15) is 4.79 Å². The van der Waals surface area contributed by atoms with E-state index in [4.69, 9.17) is 10.3 Å². The van der Waals surface area contributed by atoms with Crippen molar-refractivity contribution >= 4 is 28.7 Å². The van der Waals surface area contributed by atoms with Crippen molar-refractivity contribution in [3.8, 4) is 0 Å². The quantitative estimate of drug-likeness (QED) is 0.575. The third kappa shape index (κ3) is 2.01. The van der Waals surface area contributed by atoms with E-state index in [0.717, 1.165) is 11.3 Å². The Bertz CT molecular complexity index is 731. The summed E-state index contributed by atoms with van der Waals surface area (Å²) in [5, 5.41) is 9.73. The lowest BCUT2D eigenvalue weighted by Gasteiger charge is -2.06. The first-order chi connectivity index (χ1) is 9.54. The summed E-state index contributed by atoms with van der Waals surface area (Å²) in [6.45, 7) is 3.62. The standard InChI is InChI=1S/C14H14N4O2/c1-7-5-12(18-20-7)16-8(2)13-10-6-9(15)3-4-11(10)17-14(13)19/h3-6H,15H2,1-2H3,(H,16,18)(H,17,19)/b13-8-. The molecule has 20 heavy (non-hydrogen) atoms. The molecule has 3 rings (SSSR count). The van der Waals surface area contributed by atoms with E-state index >= 15 is 0 Å². The van der Waals surface area contributed by atoms with Crippen molar-refractivity contribution in [3.05, 3.63) is 41.3 Å². The Labute approximate surface area is 115 Å². The fourth-order valence-electron chi connectivity index (χ4n) is 2.24. The van der Waals surface area contributed by atoms with Gasteiger partial charge in [0.25, 0.3) is 5.91 Å². The van der Waals surface area contributed by atoms with E-state index < -0.39 is 0 Å². The van der Waals surface area contributed by atoms with Crippen LogP contribution in [0.5, 0.6) is 0 Å². The monoisotopic (exact) mass is 270 g/mol. The number of amides is 1. The van der Waals surface area contributed by atoms with Crippen LogP contribution >= 0.6 is 0 Å². The topological polar surface area (TPSA) is 93.2 Å². The Balaban J connectivity index is 2.02. The SMILES string of the molecule is C/C(Nc1cc(C)on1)=C1/C(=O)Nc2ccc(N)cc21. The lowest BCUT2D eigenvalue weighted by Crippen LogP contribution is -2.08. The van der Waals surface area contributed by atoms with Gasteiger partial charge in [-0.15, -0.1) is 0 Å². The number of aryl methyl sites for hydroxylation is 1. The molecule has 1 aliphatic rings. The molecule has 2 aromatic rings. The molecule has 0 bridgehead atoms. The van der Waals surface area contributed by atoms with Gasteiger partial charge in [0, 0.05) is 28.7 Å². The van der Waals surface area contributed by atoms with Crippen LogP contribution in [0.15, 0.2) is 34.5 Å². The van der Waals surface area contributed by atoms with E-state index in [2.05, 4.69) is 15.8 Å². The second-order valence-corrected chi connectivity index (χ2v) is 4.71. The molecule has 0 saturated heterocycles. The minimum Gasteiger partial charge on any atom is -0.399 e. The zero-order chi connectivity index (χ0) is 14.3. The second-order valence-electron chi connectivity index (χ2n) is 4.71. The molecule has 0 saturated carbocycles. The highest BCUT2D eigenvalue weighted by atomic mass is 16.5. The summed E-state index contributed by atoms with van der Waals surface area (Å²) in [5.74, 6) is 1.11. The second kappa shape index (κ2) is 4.41. The van der Waals surface area contributed by atoms with E-state index in [0.29, 0.717) is 28.5 Å². The van der Waals surface area contributed by atoms with Gasteiger partial charge in [-0.2, -0.15) is 0 Å². The summed E-state index contributed by atoms with van der Waals surface area (Å²) in [5.41, 5.74) is 9.21. The molecule has 1 aromatic heterocycles. The number of hydrogen-bond donors (Lipinski definition) is 3. The number of rotatable bonds is 2. The van der Waals surface area contributed by atoms with Gasteiger partial charge in [-0.3, -0.25) is 4.79 Å². The zero-order valence-electron chi connectivity index (χ0n) is 11.2. The molecule has 0 unspecified atom stereocenters. The number of carbonyl (C=O) groups is 1. The molecular formula is C14H14N4O2. The summed E-state index contributed by atoms with van der Waals surface area (Å²) in [7, 11) is 0. The molecule has 2 heterocycles. The highest BCUT2D eigenvalue weighted by Gasteiger charge is 2.26. The minimum absolute atomic E-state index is 0.157. The van der Waals surface area contributed by atoms with Gasteiger partial charge >= 0.3 is 0 Å². The maximum absolute atomic E-state index is 12.1. The average Bonchev–Trinajstić information content (AvgIpc) is 2.91. The van der Waals surface area contributed by atoms with E-state index in [1.807, 2.05) is 6.92 Å². The van der Waals surface area contributed by atoms with Gasteiger partial charge < -0.3 is 20.9 Å². The molecule has 0 spiro atoms. The van der Waals surface area contributed by atoms with Crippen LogP contribution in [-0.2, 0) is 4.79 Å². The molecule has 1 aliphatic heterocycles. The summed E-state index contributed by atoms with van der Waals surface area (Å²) in [6, 6.07) is 7.09. The number of fused-ring (bicyclic) bond motifs is 1. The van der Waals surface area contributed by atoms with Crippen molar-refractivity contribution in [2.45, 2.75) is 13.8 Å². The number of carbonyl (C=O) groups excluding carboxylic acids is 1. The van der Waals surface area contributed by atoms with E-state index in [1.54, 1.807) is 31.2 Å². The number of benzene rings is 1. The lowest BCUT2D eigenvalue weighted by molar-refractivity contribution is -0.110. The molecule has 4 N–H and O–H groups in total. The van der Waals surface area contributed by atoms with Crippen LogP contribution in [0.1, 0.15) is 18.2 Å². The number of aromatic nitrogens is 1. The summed E-state index contributed by atoms with van der Waals surface area (Å²) < 4.78 is 4.99. The van der Waals surface area contributed by atoms with Gasteiger partial charge in [0.05, 0.1) is 5.57 Å². The van der Waals surface area contributed by atoms with Crippen LogP contribution in [0.3, 0.4) is 0 Å². The molecule has 102 valence electrons. The Morgan fingerprint density at radius 3 is 2.90 bits per heavy atom. The molecule has 0 aliphatic carbocycles. The van der Waals surface area contributed by atoms with Crippen LogP contribution in [0.4, 0.5) is 17.2 Å². The number of nitrogens with zero attached hydrogens (tertiary/aromatic N) is 1. The molecular weight excluding hydrogens is 256 g/mol. The van der Waals surface area contributed by atoms with E-state index in [-0.39, 0.29) is 5.91 Å². The number of anilines is 3. The Hall–Kier alpha value is -2.76. The minimum atomic E-state index is -0.157. The number of nitrogens with two attached hydrogens (primary N) is 1. The van der Waals surface area contributed by atoms with Crippen molar-refractivity contribution in [1.29, 1.82) is 0 Å². The van der Waals surface area contributed by atoms with Crippen molar-refractivity contribution in [2.24, 2.45) is 0 Å². The van der Waals surface area contributed by atoms with Gasteiger partial charge in [0.1, 0.15) is 5.76 Å². The first-order valence-electron chi connectivity index (χ1n) is 6.17. The first-order valence-corrected chi connectivity index (χ1v) is 6.17. The van der Waals surface area contributed by atoms with Crippen molar-refractivity contribution in [1.82, 2.24) is 5.16 Å². The van der Waals surface area contributed by atoms with Crippen LogP contribution in [0.2, 0.25) is 0 Å². The third-order valence-corrected chi connectivity index (χ3v) is 3.11. The van der Waals surface area contributed by atoms with Crippen LogP contribution in [0.25, 0.3) is 5.57 Å². The Morgan fingerprint density at radius 1 is 1.40 bits per heavy atom. The maximum atomic E-state index is 12.1. The molecule has 1 amide bonds. The van der Waals surface area contributed by atoms with Crippen LogP contribution in [-0.4, -0.2) is 11.1 Å². The molecule has 0 radical (unpaired) electrons. The van der Waals surface area contributed by atoms with Crippen molar-refractivity contribution < 1.29 is 9.32 Å². The first kappa shape index (κ1) is 12.3. The smallest absolute Gasteiger partial charge is 0.258 e. The number of hydrogen-bond acceptors (Lipinski definition) is 5. The van der Waals surface area contributed by atoms with Gasteiger partial charge in [-0.05, 0) is 32.0 Å². The summed E-state index contributed by atoms with van der Waals surface area (Å²) in [6.07, 6.45) is 0. The molecule has 6 heteroatoms. The molecule has 1 aromatic carbocycles. The highest BCUT2D eigenvalue weighted by molar-refractivity contribution is 6.32. The largest absolute Gasteiger partial charge is 0.399 e. The van der Waals surface area contributed by atoms with E-state index in [1.165, 1.54) is 0 Å². The number of allylic oxidation sites excluding steroid dienone is 1. The Morgan fingerprint density at radius 2 is 2.20 bits per heavy atom. The Kier molecular flexibility index (Phi) is 2.71. The van der Waals surface area contributed by atoms with Crippen molar-refractivity contribution in [2.75, 3.05) is 16.4 Å². The zero-order valence-corrected chi connectivity index (χ0v) is 11.2. The number of nitrogen functional groups attached to an aromatic ring is 1. The lowest BCUT2D eigenvalue weighted by atomic mass is 10.0. The van der Waals surface area contributed by atoms with Gasteiger partial charge in [-0.1, -0.05) is 5.16 Å². The van der Waals surface area contributed by atoms with Crippen LogP contribution < -0.4 is 16.4 Å². The number of nitrogens with one attached hydrogen (secondary N) is 2. The van der Waals surface area contributed by atoms with Crippen molar-refractivity contribution in [3.63, 3.8) is 0 Å². The third-order valence-electron chi connectivity index (χ3n) is 3.11. The van der Waals surface area contributed by atoms with Crippen LogP contribution in [0, 0.1) is 6.92 Å². The predicted octanol–water partition coefficient (Wildman–Crippen LogP) is 2.36. The maximum Gasteiger partial charge on any atom is 0.258 e. The highest BCUT2D eigenvalue weighted by Crippen LogP contribution is 2.35. The fourth-order valence-corrected chi connectivity index (χ4v) is 2.24. The van der Waals surface area contributed by atoms with Gasteiger partial charge in [0.2, 0.25) is 0 Å². The summed E-state index contributed by atoms with van der Waals surface area (Å²) >= 11 is 0. The van der Waals surface area contributed by atoms with Gasteiger partial charge in [-0.25, -0.2) is 0 Å². The fraction of sp³-hybridized carbons (Fsp3) is 0.143. The average molecular weight is 270 g/mol. The summed E-state index contributed by atoms with van der Waals surface area (Å²) in [4.78, 5) is 12.1. The molecule has 0 atom stereocenters.